The van der Waals surface area contributed by atoms with Gasteiger partial charge in [0.1, 0.15) is 6.10 Å². The minimum absolute atomic E-state index is 0.480. The highest BCUT2D eigenvalue weighted by atomic mass is 16.6. The molecule has 0 aromatic heterocycles. The van der Waals surface area contributed by atoms with Gasteiger partial charge in [-0.15, -0.1) is 0 Å². The van der Waals surface area contributed by atoms with Gasteiger partial charge in [0.05, 0.1) is 18.8 Å². The van der Waals surface area contributed by atoms with Crippen molar-refractivity contribution in [1.29, 1.82) is 0 Å². The predicted octanol–water partition coefficient (Wildman–Crippen LogP) is 0.809. The van der Waals surface area contributed by atoms with Crippen molar-refractivity contribution in [2.45, 2.75) is 31.7 Å². The molecule has 0 amide bonds. The van der Waals surface area contributed by atoms with Crippen LogP contribution in [0.15, 0.2) is 0 Å². The summed E-state index contributed by atoms with van der Waals surface area (Å²) < 4.78 is 10.9. The molecule has 2 saturated heterocycles. The lowest BCUT2D eigenvalue weighted by Gasteiger charge is -2.42. The van der Waals surface area contributed by atoms with E-state index in [9.17, 15) is 0 Å². The van der Waals surface area contributed by atoms with Crippen molar-refractivity contribution in [3.8, 4) is 0 Å². The lowest BCUT2D eigenvalue weighted by Crippen LogP contribution is -2.50. The van der Waals surface area contributed by atoms with E-state index < -0.39 is 0 Å². The first-order chi connectivity index (χ1) is 4.86. The quantitative estimate of drug-likeness (QED) is 0.464. The zero-order chi connectivity index (χ0) is 6.72. The number of ether oxygens (including phenoxy) is 2. The Labute approximate surface area is 60.5 Å². The molecule has 5 unspecified atom stereocenters. The van der Waals surface area contributed by atoms with Crippen molar-refractivity contribution in [3.05, 3.63) is 0 Å². The molecule has 0 radical (unpaired) electrons. The number of hydrogen-bond donors (Lipinski definition) is 0. The van der Waals surface area contributed by atoms with E-state index in [0.717, 1.165) is 18.4 Å². The molecule has 56 valence electrons. The summed E-state index contributed by atoms with van der Waals surface area (Å²) in [5, 5.41) is 0. The molecule has 0 spiro atoms. The van der Waals surface area contributed by atoms with Crippen LogP contribution in [0.5, 0.6) is 0 Å². The normalized spacial score (nSPS) is 63.9. The Morgan fingerprint density at radius 3 is 2.90 bits per heavy atom. The molecular formula is C8H12O2. The van der Waals surface area contributed by atoms with E-state index in [1.54, 1.807) is 0 Å². The number of epoxide rings is 1. The van der Waals surface area contributed by atoms with Crippen LogP contribution in [0.2, 0.25) is 0 Å². The molecule has 3 aliphatic rings. The molecule has 5 atom stereocenters. The molecular weight excluding hydrogens is 128 g/mol. The number of hydrogen-bond acceptors (Lipinski definition) is 2. The van der Waals surface area contributed by atoms with Crippen molar-refractivity contribution in [2.24, 2.45) is 11.8 Å². The van der Waals surface area contributed by atoms with Crippen LogP contribution in [0, 0.1) is 11.8 Å². The molecule has 0 aromatic carbocycles. The van der Waals surface area contributed by atoms with Crippen LogP contribution in [0.25, 0.3) is 0 Å². The predicted molar refractivity (Wildman–Crippen MR) is 35.7 cm³/mol. The summed E-state index contributed by atoms with van der Waals surface area (Å²) in [6, 6.07) is 0. The van der Waals surface area contributed by atoms with Crippen LogP contribution >= 0.6 is 0 Å². The van der Waals surface area contributed by atoms with Gasteiger partial charge in [-0.25, -0.2) is 0 Å². The molecule has 0 N–H and O–H groups in total. The summed E-state index contributed by atoms with van der Waals surface area (Å²) >= 11 is 0. The Morgan fingerprint density at radius 1 is 1.30 bits per heavy atom. The molecule has 3 fully saturated rings. The van der Waals surface area contributed by atoms with Gasteiger partial charge in [0.2, 0.25) is 0 Å². The molecule has 2 heterocycles. The van der Waals surface area contributed by atoms with Crippen LogP contribution in [0.1, 0.15) is 13.3 Å². The van der Waals surface area contributed by atoms with Crippen LogP contribution < -0.4 is 0 Å². The van der Waals surface area contributed by atoms with Crippen molar-refractivity contribution >= 4 is 0 Å². The Hall–Kier alpha value is -0.0800. The van der Waals surface area contributed by atoms with E-state index in [-0.39, 0.29) is 0 Å². The number of rotatable bonds is 0. The zero-order valence-electron chi connectivity index (χ0n) is 6.12. The van der Waals surface area contributed by atoms with E-state index in [1.807, 2.05) is 0 Å². The van der Waals surface area contributed by atoms with Crippen LogP contribution in [-0.2, 0) is 9.47 Å². The number of fused-ring (bicyclic) bond motifs is 3. The second-order valence-electron chi connectivity index (χ2n) is 3.81. The van der Waals surface area contributed by atoms with Crippen LogP contribution in [-0.4, -0.2) is 24.9 Å². The van der Waals surface area contributed by atoms with E-state index >= 15 is 0 Å². The lowest BCUT2D eigenvalue weighted by atomic mass is 9.76. The van der Waals surface area contributed by atoms with Gasteiger partial charge in [-0.1, -0.05) is 6.92 Å². The van der Waals surface area contributed by atoms with Gasteiger partial charge < -0.3 is 9.47 Å². The molecule has 1 aliphatic carbocycles. The minimum atomic E-state index is 0.480. The molecule has 0 aromatic rings. The van der Waals surface area contributed by atoms with Gasteiger partial charge >= 0.3 is 0 Å². The summed E-state index contributed by atoms with van der Waals surface area (Å²) in [4.78, 5) is 0. The molecule has 2 aliphatic heterocycles. The minimum Gasteiger partial charge on any atom is -0.375 e. The van der Waals surface area contributed by atoms with E-state index in [4.69, 9.17) is 9.47 Å². The van der Waals surface area contributed by atoms with Crippen LogP contribution in [0.3, 0.4) is 0 Å². The maximum atomic E-state index is 5.46. The Morgan fingerprint density at radius 2 is 2.20 bits per heavy atom. The topological polar surface area (TPSA) is 21.8 Å². The molecule has 10 heavy (non-hydrogen) atoms. The first-order valence-corrected chi connectivity index (χ1v) is 4.13. The molecule has 2 nitrogen and oxygen atoms in total. The van der Waals surface area contributed by atoms with Gasteiger partial charge in [-0.05, 0) is 12.3 Å². The second-order valence-corrected chi connectivity index (χ2v) is 3.81. The molecule has 3 rings (SSSR count). The average Bonchev–Trinajstić information content (AvgIpc) is 2.41. The first kappa shape index (κ1) is 5.56. The van der Waals surface area contributed by atoms with Crippen molar-refractivity contribution in [1.82, 2.24) is 0 Å². The van der Waals surface area contributed by atoms with Gasteiger partial charge in [-0.3, -0.25) is 0 Å². The Bertz CT molecular complexity index is 165. The van der Waals surface area contributed by atoms with E-state index in [1.165, 1.54) is 6.42 Å². The second kappa shape index (κ2) is 1.56. The maximum Gasteiger partial charge on any atom is 0.111 e. The fourth-order valence-electron chi connectivity index (χ4n) is 2.32. The van der Waals surface area contributed by atoms with E-state index in [0.29, 0.717) is 18.3 Å². The van der Waals surface area contributed by atoms with Gasteiger partial charge in [0.15, 0.2) is 0 Å². The van der Waals surface area contributed by atoms with Crippen molar-refractivity contribution in [2.75, 3.05) is 6.61 Å². The maximum absolute atomic E-state index is 5.46. The van der Waals surface area contributed by atoms with Gasteiger partial charge in [-0.2, -0.15) is 0 Å². The highest BCUT2D eigenvalue weighted by Gasteiger charge is 2.58. The summed E-state index contributed by atoms with van der Waals surface area (Å²) in [6.45, 7) is 3.30. The Kier molecular flexibility index (Phi) is 0.868. The fourth-order valence-corrected chi connectivity index (χ4v) is 2.32. The average molecular weight is 140 g/mol. The summed E-state index contributed by atoms with van der Waals surface area (Å²) in [7, 11) is 0. The standard InChI is InChI=1S/C8H12O2/c1-4-2-6-8(10-6)7-5(4)3-9-7/h4-8H,2-3H2,1H3. The third kappa shape index (κ3) is 0.523. The van der Waals surface area contributed by atoms with Gasteiger partial charge in [0, 0.05) is 5.92 Å². The van der Waals surface area contributed by atoms with E-state index in [2.05, 4.69) is 6.92 Å². The SMILES string of the molecule is CC1CC2OC2C2OCC12. The van der Waals surface area contributed by atoms with Crippen molar-refractivity contribution < 1.29 is 9.47 Å². The fraction of sp³-hybridized carbons (Fsp3) is 1.00. The molecule has 1 saturated carbocycles. The highest BCUT2D eigenvalue weighted by Crippen LogP contribution is 2.48. The third-order valence-electron chi connectivity index (χ3n) is 3.18. The summed E-state index contributed by atoms with van der Waals surface area (Å²) in [5.41, 5.74) is 0. The zero-order valence-corrected chi connectivity index (χ0v) is 6.12. The largest absolute Gasteiger partial charge is 0.375 e. The monoisotopic (exact) mass is 140 g/mol. The van der Waals surface area contributed by atoms with Gasteiger partial charge in [0.25, 0.3) is 0 Å². The highest BCUT2D eigenvalue weighted by molar-refractivity contribution is 5.05. The smallest absolute Gasteiger partial charge is 0.111 e. The summed E-state index contributed by atoms with van der Waals surface area (Å²) in [5.74, 6) is 1.66. The lowest BCUT2D eigenvalue weighted by molar-refractivity contribution is -0.150. The third-order valence-corrected chi connectivity index (χ3v) is 3.18. The van der Waals surface area contributed by atoms with Crippen LogP contribution in [0.4, 0.5) is 0 Å². The van der Waals surface area contributed by atoms with Crippen molar-refractivity contribution in [3.63, 3.8) is 0 Å². The Balaban J connectivity index is 1.83. The molecule has 2 heteroatoms. The molecule has 0 bridgehead atoms. The summed E-state index contributed by atoms with van der Waals surface area (Å²) in [6.07, 6.45) is 2.81. The first-order valence-electron chi connectivity index (χ1n) is 4.13.